The van der Waals surface area contributed by atoms with Crippen LogP contribution in [0.25, 0.3) is 11.0 Å². The molecule has 0 aliphatic rings. The maximum atomic E-state index is 12.6. The smallest absolute Gasteiger partial charge is 0.272 e. The molecule has 5 nitrogen and oxygen atoms in total. The van der Waals surface area contributed by atoms with Crippen molar-refractivity contribution in [1.82, 2.24) is 9.55 Å². The molecule has 5 heteroatoms. The van der Waals surface area contributed by atoms with Gasteiger partial charge >= 0.3 is 0 Å². The molecule has 1 aromatic heterocycles. The Kier molecular flexibility index (Phi) is 5.13. The van der Waals surface area contributed by atoms with E-state index in [1.165, 1.54) is 0 Å². The van der Waals surface area contributed by atoms with E-state index in [9.17, 15) is 9.59 Å². The summed E-state index contributed by atoms with van der Waals surface area (Å²) < 4.78 is 1.66. The molecule has 0 fully saturated rings. The van der Waals surface area contributed by atoms with Crippen molar-refractivity contribution >= 4 is 22.6 Å². The number of para-hydroxylation sites is 1. The van der Waals surface area contributed by atoms with Gasteiger partial charge in [0.05, 0.1) is 11.0 Å². The highest BCUT2D eigenvalue weighted by Gasteiger charge is 2.12. The summed E-state index contributed by atoms with van der Waals surface area (Å²) in [5, 5.41) is 2.98. The fourth-order valence-electron chi connectivity index (χ4n) is 3.27. The van der Waals surface area contributed by atoms with E-state index in [1.54, 1.807) is 11.5 Å². The maximum absolute atomic E-state index is 12.6. The number of carbonyl (C=O) groups is 1. The fraction of sp³-hybridized carbons (Fsp3) is 0.318. The van der Waals surface area contributed by atoms with Gasteiger partial charge in [0.2, 0.25) is 5.91 Å². The Balaban J connectivity index is 1.88. The van der Waals surface area contributed by atoms with Crippen LogP contribution in [0.4, 0.5) is 5.69 Å². The van der Waals surface area contributed by atoms with Crippen molar-refractivity contribution in [2.75, 3.05) is 5.32 Å². The summed E-state index contributed by atoms with van der Waals surface area (Å²) in [6, 6.07) is 9.87. The number of hydrogen-bond donors (Lipinski definition) is 1. The Labute approximate surface area is 159 Å². The number of aromatic nitrogens is 2. The molecule has 0 saturated heterocycles. The molecule has 1 heterocycles. The third kappa shape index (κ3) is 3.77. The Morgan fingerprint density at radius 1 is 1.00 bits per heavy atom. The van der Waals surface area contributed by atoms with Crippen LogP contribution < -0.4 is 10.9 Å². The van der Waals surface area contributed by atoms with E-state index >= 15 is 0 Å². The zero-order valence-electron chi connectivity index (χ0n) is 16.5. The second kappa shape index (κ2) is 7.35. The number of carbonyl (C=O) groups excluding carboxylic acids is 1. The molecule has 0 aliphatic heterocycles. The normalized spacial score (nSPS) is 11.0. The molecule has 0 radical (unpaired) electrons. The number of hydrogen-bond acceptors (Lipinski definition) is 3. The Morgan fingerprint density at radius 2 is 1.63 bits per heavy atom. The Bertz CT molecular complexity index is 1080. The first kappa shape index (κ1) is 18.8. The lowest BCUT2D eigenvalue weighted by atomic mass is 10.1. The first-order valence-corrected chi connectivity index (χ1v) is 9.12. The average Bonchev–Trinajstić information content (AvgIpc) is 2.61. The summed E-state index contributed by atoms with van der Waals surface area (Å²) in [7, 11) is 0. The number of rotatable bonds is 4. The molecule has 0 bridgehead atoms. The molecule has 0 saturated carbocycles. The second-order valence-corrected chi connectivity index (χ2v) is 7.14. The number of amides is 1. The lowest BCUT2D eigenvalue weighted by Crippen LogP contribution is -2.26. The lowest BCUT2D eigenvalue weighted by Gasteiger charge is -2.14. The molecule has 0 atom stereocenters. The van der Waals surface area contributed by atoms with Crippen LogP contribution >= 0.6 is 0 Å². The molecule has 0 unspecified atom stereocenters. The molecule has 1 N–H and O–H groups in total. The summed E-state index contributed by atoms with van der Waals surface area (Å²) >= 11 is 0. The largest absolute Gasteiger partial charge is 0.326 e. The van der Waals surface area contributed by atoms with Gasteiger partial charge in [-0.05, 0) is 69.0 Å². The van der Waals surface area contributed by atoms with E-state index in [0.717, 1.165) is 39.0 Å². The molecular formula is C22H25N3O2. The number of aryl methyl sites for hydroxylation is 6. The molecular weight excluding hydrogens is 338 g/mol. The van der Waals surface area contributed by atoms with Crippen LogP contribution in [0.1, 0.15) is 34.4 Å². The number of fused-ring (bicyclic) bond motifs is 1. The van der Waals surface area contributed by atoms with E-state index in [2.05, 4.69) is 10.3 Å². The number of benzene rings is 2. The Hall–Kier alpha value is -2.95. The van der Waals surface area contributed by atoms with Crippen LogP contribution in [0.3, 0.4) is 0 Å². The van der Waals surface area contributed by atoms with Crippen LogP contribution in [0.15, 0.2) is 35.1 Å². The molecule has 3 aromatic rings. The van der Waals surface area contributed by atoms with Crippen molar-refractivity contribution < 1.29 is 4.79 Å². The van der Waals surface area contributed by atoms with Crippen LogP contribution in [-0.2, 0) is 11.3 Å². The van der Waals surface area contributed by atoms with Gasteiger partial charge in [0.15, 0.2) is 0 Å². The summed E-state index contributed by atoms with van der Waals surface area (Å²) in [6.45, 7) is 10.0. The minimum absolute atomic E-state index is 0.106. The molecule has 27 heavy (non-hydrogen) atoms. The van der Waals surface area contributed by atoms with Crippen LogP contribution in [0, 0.1) is 34.6 Å². The third-order valence-corrected chi connectivity index (χ3v) is 5.03. The van der Waals surface area contributed by atoms with Gasteiger partial charge in [-0.1, -0.05) is 18.2 Å². The van der Waals surface area contributed by atoms with Gasteiger partial charge in [-0.25, -0.2) is 4.98 Å². The number of anilines is 1. The number of nitrogens with one attached hydrogen (secondary N) is 1. The molecule has 2 aromatic carbocycles. The summed E-state index contributed by atoms with van der Waals surface area (Å²) in [5.74, 6) is -0.106. The van der Waals surface area contributed by atoms with Gasteiger partial charge in [0.1, 0.15) is 5.69 Å². The van der Waals surface area contributed by atoms with E-state index < -0.39 is 0 Å². The monoisotopic (exact) mass is 363 g/mol. The van der Waals surface area contributed by atoms with Gasteiger partial charge < -0.3 is 9.88 Å². The Morgan fingerprint density at radius 3 is 2.30 bits per heavy atom. The molecule has 140 valence electrons. The van der Waals surface area contributed by atoms with E-state index in [1.807, 2.05) is 58.0 Å². The minimum atomic E-state index is -0.148. The van der Waals surface area contributed by atoms with Crippen molar-refractivity contribution in [2.24, 2.45) is 0 Å². The SMILES string of the molecule is Cc1cc2nc(C)c(=O)n(CCC(=O)Nc3c(C)cccc3C)c2cc1C. The maximum Gasteiger partial charge on any atom is 0.272 e. The van der Waals surface area contributed by atoms with Gasteiger partial charge in [-0.3, -0.25) is 9.59 Å². The predicted octanol–water partition coefficient (Wildman–Crippen LogP) is 3.97. The molecule has 0 aliphatic carbocycles. The van der Waals surface area contributed by atoms with Crippen molar-refractivity contribution in [2.45, 2.75) is 47.6 Å². The predicted molar refractivity (Wildman–Crippen MR) is 109 cm³/mol. The fourth-order valence-corrected chi connectivity index (χ4v) is 3.27. The highest BCUT2D eigenvalue weighted by Crippen LogP contribution is 2.20. The molecule has 0 spiro atoms. The second-order valence-electron chi connectivity index (χ2n) is 7.14. The number of nitrogens with zero attached hydrogens (tertiary/aromatic N) is 2. The average molecular weight is 363 g/mol. The first-order valence-electron chi connectivity index (χ1n) is 9.12. The summed E-state index contributed by atoms with van der Waals surface area (Å²) in [6.07, 6.45) is 0.221. The molecule has 1 amide bonds. The van der Waals surface area contributed by atoms with Crippen molar-refractivity contribution in [3.8, 4) is 0 Å². The van der Waals surface area contributed by atoms with Crippen molar-refractivity contribution in [3.63, 3.8) is 0 Å². The van der Waals surface area contributed by atoms with Crippen LogP contribution in [0.5, 0.6) is 0 Å². The first-order chi connectivity index (χ1) is 12.8. The van der Waals surface area contributed by atoms with Gasteiger partial charge in [0, 0.05) is 18.7 Å². The highest BCUT2D eigenvalue weighted by atomic mass is 16.2. The van der Waals surface area contributed by atoms with Crippen LogP contribution in [0.2, 0.25) is 0 Å². The van der Waals surface area contributed by atoms with Gasteiger partial charge in [-0.15, -0.1) is 0 Å². The van der Waals surface area contributed by atoms with E-state index in [0.29, 0.717) is 12.2 Å². The third-order valence-electron chi connectivity index (χ3n) is 5.03. The summed E-state index contributed by atoms with van der Waals surface area (Å²) in [4.78, 5) is 29.6. The van der Waals surface area contributed by atoms with Gasteiger partial charge in [-0.2, -0.15) is 0 Å². The van der Waals surface area contributed by atoms with E-state index in [-0.39, 0.29) is 17.9 Å². The summed E-state index contributed by atoms with van der Waals surface area (Å²) in [5.41, 5.74) is 6.98. The van der Waals surface area contributed by atoms with Gasteiger partial charge in [0.25, 0.3) is 5.56 Å². The van der Waals surface area contributed by atoms with Crippen LogP contribution in [-0.4, -0.2) is 15.5 Å². The van der Waals surface area contributed by atoms with Crippen molar-refractivity contribution in [3.05, 3.63) is 68.6 Å². The lowest BCUT2D eigenvalue weighted by molar-refractivity contribution is -0.116. The molecule has 3 rings (SSSR count). The highest BCUT2D eigenvalue weighted by molar-refractivity contribution is 5.92. The zero-order valence-corrected chi connectivity index (χ0v) is 16.5. The van der Waals surface area contributed by atoms with Crippen molar-refractivity contribution in [1.29, 1.82) is 0 Å². The standard InChI is InChI=1S/C22H25N3O2/c1-13-7-6-8-14(2)21(13)24-20(26)9-10-25-19-12-16(4)15(3)11-18(19)23-17(5)22(25)27/h6-8,11-12H,9-10H2,1-5H3,(H,24,26). The van der Waals surface area contributed by atoms with E-state index in [4.69, 9.17) is 0 Å². The topological polar surface area (TPSA) is 64.0 Å². The minimum Gasteiger partial charge on any atom is -0.326 e. The quantitative estimate of drug-likeness (QED) is 0.763. The zero-order chi connectivity index (χ0) is 19.7.